The van der Waals surface area contributed by atoms with Gasteiger partial charge < -0.3 is 0 Å². The van der Waals surface area contributed by atoms with Gasteiger partial charge in [0.05, 0.1) is 0 Å². The average molecular weight is 182 g/mol. The second-order valence-electron chi connectivity index (χ2n) is 2.12. The van der Waals surface area contributed by atoms with Crippen LogP contribution in [0.3, 0.4) is 0 Å². The van der Waals surface area contributed by atoms with E-state index in [0.717, 1.165) is 16.6 Å². The molecular formula is C6H12SZn. The van der Waals surface area contributed by atoms with Crippen molar-refractivity contribution in [2.24, 2.45) is 0 Å². The van der Waals surface area contributed by atoms with Gasteiger partial charge in [-0.15, -0.1) is 0 Å². The summed E-state index contributed by atoms with van der Waals surface area (Å²) in [5, 5.41) is 0. The van der Waals surface area contributed by atoms with Crippen molar-refractivity contribution in [2.75, 3.05) is 0 Å². The van der Waals surface area contributed by atoms with Crippen molar-refractivity contribution in [2.45, 2.75) is 38.5 Å². The Hall–Kier alpha value is 0.843. The summed E-state index contributed by atoms with van der Waals surface area (Å²) in [5.74, 6) is 0. The van der Waals surface area contributed by atoms with Gasteiger partial charge in [-0.05, 0) is 0 Å². The van der Waals surface area contributed by atoms with Gasteiger partial charge in [0.2, 0.25) is 0 Å². The molecule has 0 bridgehead atoms. The average Bonchev–Trinajstić information content (AvgIpc) is 1.96. The van der Waals surface area contributed by atoms with Gasteiger partial charge >= 0.3 is 26.7 Å². The summed E-state index contributed by atoms with van der Waals surface area (Å²) in [7, 11) is 4.21. The second kappa shape index (κ2) is 7.84. The molecule has 0 aliphatic heterocycles. The third-order valence-electron chi connectivity index (χ3n) is 1.50. The predicted molar refractivity (Wildman–Crippen MR) is 35.3 cm³/mol. The summed E-state index contributed by atoms with van der Waals surface area (Å²) >= 11 is 0.958. The van der Waals surface area contributed by atoms with Crippen LogP contribution in [-0.4, -0.2) is 0 Å². The van der Waals surface area contributed by atoms with Gasteiger partial charge in [-0.25, -0.2) is 0 Å². The first kappa shape index (κ1) is 8.84. The molecule has 0 radical (unpaired) electrons. The van der Waals surface area contributed by atoms with Crippen LogP contribution in [0.5, 0.6) is 0 Å². The summed E-state index contributed by atoms with van der Waals surface area (Å²) in [6, 6.07) is 0. The first-order valence-electron chi connectivity index (χ1n) is 3.29. The maximum absolute atomic E-state index is 4.21. The molecule has 0 unspecified atom stereocenters. The van der Waals surface area contributed by atoms with Crippen LogP contribution in [0.25, 0.3) is 0 Å². The number of hydrogen-bond donors (Lipinski definition) is 0. The van der Waals surface area contributed by atoms with Crippen LogP contribution < -0.4 is 0 Å². The molecule has 0 aromatic rings. The molecule has 44 valence electrons. The van der Waals surface area contributed by atoms with E-state index in [1.807, 2.05) is 0 Å². The minimum atomic E-state index is 0.958. The van der Waals surface area contributed by atoms with Crippen molar-refractivity contribution in [3.63, 3.8) is 0 Å². The van der Waals surface area contributed by atoms with Crippen molar-refractivity contribution in [3.05, 3.63) is 0 Å². The Balaban J connectivity index is 0.000000222. The molecule has 2 heteroatoms. The molecule has 1 saturated carbocycles. The summed E-state index contributed by atoms with van der Waals surface area (Å²) in [4.78, 5) is 0. The molecule has 0 nitrogen and oxygen atoms in total. The third kappa shape index (κ3) is 4.99. The van der Waals surface area contributed by atoms with E-state index in [1.54, 1.807) is 0 Å². The fourth-order valence-electron chi connectivity index (χ4n) is 1.06. The normalized spacial score (nSPS) is 18.8. The fourth-order valence-corrected chi connectivity index (χ4v) is 1.06. The van der Waals surface area contributed by atoms with Crippen LogP contribution in [0.15, 0.2) is 0 Å². The van der Waals surface area contributed by atoms with Gasteiger partial charge in [0.15, 0.2) is 0 Å². The molecule has 0 N–H and O–H groups in total. The van der Waals surface area contributed by atoms with Crippen LogP contribution in [0.1, 0.15) is 38.5 Å². The van der Waals surface area contributed by atoms with Crippen LogP contribution >= 0.6 is 10.1 Å². The number of rotatable bonds is 0. The van der Waals surface area contributed by atoms with Gasteiger partial charge in [0.1, 0.15) is 0 Å². The monoisotopic (exact) mass is 180 g/mol. The van der Waals surface area contributed by atoms with E-state index < -0.39 is 0 Å². The van der Waals surface area contributed by atoms with Crippen LogP contribution in [0, 0.1) is 0 Å². The predicted octanol–water partition coefficient (Wildman–Crippen LogP) is 2.99. The summed E-state index contributed by atoms with van der Waals surface area (Å²) in [5.41, 5.74) is 0. The Morgan fingerprint density at radius 2 is 0.750 bits per heavy atom. The summed E-state index contributed by atoms with van der Waals surface area (Å²) < 4.78 is 0. The zero-order valence-electron chi connectivity index (χ0n) is 5.36. The summed E-state index contributed by atoms with van der Waals surface area (Å²) in [6.45, 7) is 0. The van der Waals surface area contributed by atoms with Crippen molar-refractivity contribution in [1.82, 2.24) is 0 Å². The minimum absolute atomic E-state index is 0.958. The van der Waals surface area contributed by atoms with E-state index in [-0.39, 0.29) is 0 Å². The van der Waals surface area contributed by atoms with E-state index in [0.29, 0.717) is 0 Å². The van der Waals surface area contributed by atoms with E-state index in [4.69, 9.17) is 0 Å². The Morgan fingerprint density at radius 3 is 0.875 bits per heavy atom. The molecular weight excluding hydrogens is 170 g/mol. The molecule has 0 aromatic carbocycles. The van der Waals surface area contributed by atoms with Crippen LogP contribution in [0.2, 0.25) is 0 Å². The maximum atomic E-state index is 4.21. The fraction of sp³-hybridized carbons (Fsp3) is 1.00. The zero-order chi connectivity index (χ0) is 6.24. The van der Waals surface area contributed by atoms with E-state index in [2.05, 4.69) is 10.1 Å². The van der Waals surface area contributed by atoms with Crippen LogP contribution in [0.4, 0.5) is 0 Å². The Labute approximate surface area is 65.3 Å². The molecule has 0 saturated heterocycles. The molecule has 0 heterocycles. The first-order chi connectivity index (χ1) is 4.00. The molecule has 1 fully saturated rings. The molecule has 1 aliphatic carbocycles. The SMILES string of the molecule is C1CCCCC1.[S]=[Zn]. The molecule has 0 atom stereocenters. The van der Waals surface area contributed by atoms with Gasteiger partial charge in [-0.2, -0.15) is 0 Å². The molecule has 0 aromatic heterocycles. The Morgan fingerprint density at radius 1 is 0.625 bits per heavy atom. The molecule has 8 heavy (non-hydrogen) atoms. The molecule has 1 rings (SSSR count). The second-order valence-corrected chi connectivity index (χ2v) is 2.12. The Bertz CT molecular complexity index is 32.3. The van der Waals surface area contributed by atoms with E-state index in [1.165, 1.54) is 38.5 Å². The first-order valence-corrected chi connectivity index (χ1v) is 7.50. The quantitative estimate of drug-likeness (QED) is 0.518. The summed E-state index contributed by atoms with van der Waals surface area (Å²) in [6.07, 6.45) is 9.00. The van der Waals surface area contributed by atoms with Crippen molar-refractivity contribution in [1.29, 1.82) is 0 Å². The third-order valence-corrected chi connectivity index (χ3v) is 1.50. The standard InChI is InChI=1S/C6H12.S.Zn/c1-2-4-6-5-3-1;;/h1-6H2;;. The van der Waals surface area contributed by atoms with Crippen molar-refractivity contribution >= 4 is 10.1 Å². The van der Waals surface area contributed by atoms with Gasteiger partial charge in [0.25, 0.3) is 0 Å². The molecule has 0 spiro atoms. The molecule has 0 amide bonds. The van der Waals surface area contributed by atoms with Gasteiger partial charge in [-0.1, -0.05) is 38.5 Å². The van der Waals surface area contributed by atoms with E-state index in [9.17, 15) is 0 Å². The van der Waals surface area contributed by atoms with Crippen molar-refractivity contribution in [3.8, 4) is 0 Å². The number of hydrogen-bond acceptors (Lipinski definition) is 1. The van der Waals surface area contributed by atoms with Gasteiger partial charge in [-0.3, -0.25) is 0 Å². The van der Waals surface area contributed by atoms with Crippen LogP contribution in [-0.2, 0) is 16.6 Å². The zero-order valence-corrected chi connectivity index (χ0v) is 9.14. The molecule has 1 aliphatic rings. The topological polar surface area (TPSA) is 0 Å². The van der Waals surface area contributed by atoms with Crippen molar-refractivity contribution < 1.29 is 16.6 Å². The Kier molecular flexibility index (Phi) is 8.67. The van der Waals surface area contributed by atoms with E-state index >= 15 is 0 Å². The van der Waals surface area contributed by atoms with Gasteiger partial charge in [0, 0.05) is 0 Å².